The van der Waals surface area contributed by atoms with Gasteiger partial charge in [0.1, 0.15) is 5.82 Å². The minimum atomic E-state index is -0.315. The van der Waals surface area contributed by atoms with Crippen molar-refractivity contribution in [1.82, 2.24) is 14.7 Å². The van der Waals surface area contributed by atoms with Crippen LogP contribution in [0.4, 0.5) is 5.82 Å². The van der Waals surface area contributed by atoms with E-state index in [-0.39, 0.29) is 18.4 Å². The second-order valence-corrected chi connectivity index (χ2v) is 8.78. The van der Waals surface area contributed by atoms with Crippen LogP contribution in [0.2, 0.25) is 5.02 Å². The summed E-state index contributed by atoms with van der Waals surface area (Å²) in [6.45, 7) is 1.76. The number of likely N-dealkylation sites (N-methyl/N-ethyl adjacent to an activating group) is 1. The van der Waals surface area contributed by atoms with Gasteiger partial charge in [-0.1, -0.05) is 17.7 Å². The summed E-state index contributed by atoms with van der Waals surface area (Å²) >= 11 is 10.7. The molecule has 0 aliphatic heterocycles. The Hall–Kier alpha value is -2.16. The Morgan fingerprint density at radius 2 is 2.07 bits per heavy atom. The molecule has 6 nitrogen and oxygen atoms in total. The van der Waals surface area contributed by atoms with Crippen molar-refractivity contribution in [3.05, 3.63) is 61.8 Å². The summed E-state index contributed by atoms with van der Waals surface area (Å²) in [7, 11) is 1.59. The first kappa shape index (κ1) is 19.6. The van der Waals surface area contributed by atoms with Crippen LogP contribution in [0, 0.1) is 6.92 Å². The van der Waals surface area contributed by atoms with E-state index in [9.17, 15) is 9.59 Å². The first-order chi connectivity index (χ1) is 12.8. The van der Waals surface area contributed by atoms with Crippen molar-refractivity contribution in [2.24, 2.45) is 0 Å². The molecule has 0 aliphatic carbocycles. The second-order valence-electron chi connectivity index (χ2n) is 5.88. The molecule has 3 rings (SSSR count). The van der Waals surface area contributed by atoms with E-state index in [0.717, 1.165) is 15.2 Å². The molecule has 0 spiro atoms. The SMILES string of the molecule is Cc1cc(NC(=O)CN(C)C(=O)c2ccc(Br)s2)n(-c2cccc(Cl)c2)n1. The number of hydrogen-bond acceptors (Lipinski definition) is 4. The van der Waals surface area contributed by atoms with Crippen molar-refractivity contribution < 1.29 is 9.59 Å². The molecule has 0 aliphatic rings. The first-order valence-electron chi connectivity index (χ1n) is 7.97. The number of halogens is 2. The van der Waals surface area contributed by atoms with Crippen molar-refractivity contribution in [3.8, 4) is 5.69 Å². The summed E-state index contributed by atoms with van der Waals surface area (Å²) in [6.07, 6.45) is 0. The molecule has 140 valence electrons. The second kappa shape index (κ2) is 8.24. The van der Waals surface area contributed by atoms with Gasteiger partial charge in [-0.05, 0) is 53.2 Å². The van der Waals surface area contributed by atoms with E-state index in [0.29, 0.717) is 15.7 Å². The van der Waals surface area contributed by atoms with Crippen LogP contribution in [-0.4, -0.2) is 40.1 Å². The molecule has 0 saturated carbocycles. The van der Waals surface area contributed by atoms with Gasteiger partial charge in [-0.25, -0.2) is 4.68 Å². The average molecular weight is 468 g/mol. The normalized spacial score (nSPS) is 10.7. The number of rotatable bonds is 5. The molecule has 0 saturated heterocycles. The average Bonchev–Trinajstić information content (AvgIpc) is 3.19. The van der Waals surface area contributed by atoms with E-state index >= 15 is 0 Å². The summed E-state index contributed by atoms with van der Waals surface area (Å²) in [6, 6.07) is 12.5. The molecule has 1 N–H and O–H groups in total. The van der Waals surface area contributed by atoms with Gasteiger partial charge >= 0.3 is 0 Å². The van der Waals surface area contributed by atoms with Gasteiger partial charge in [0.15, 0.2) is 0 Å². The molecular weight excluding hydrogens is 452 g/mol. The number of benzene rings is 1. The van der Waals surface area contributed by atoms with Gasteiger partial charge in [-0.15, -0.1) is 11.3 Å². The quantitative estimate of drug-likeness (QED) is 0.606. The van der Waals surface area contributed by atoms with Crippen LogP contribution < -0.4 is 5.32 Å². The third-order valence-electron chi connectivity index (χ3n) is 3.66. The largest absolute Gasteiger partial charge is 0.332 e. The van der Waals surface area contributed by atoms with E-state index in [1.807, 2.05) is 19.1 Å². The van der Waals surface area contributed by atoms with Gasteiger partial charge in [0.25, 0.3) is 5.91 Å². The summed E-state index contributed by atoms with van der Waals surface area (Å²) < 4.78 is 2.47. The highest BCUT2D eigenvalue weighted by molar-refractivity contribution is 9.11. The highest BCUT2D eigenvalue weighted by atomic mass is 79.9. The molecule has 0 atom stereocenters. The highest BCUT2D eigenvalue weighted by Crippen LogP contribution is 2.23. The molecule has 2 amide bonds. The van der Waals surface area contributed by atoms with E-state index < -0.39 is 0 Å². The maximum absolute atomic E-state index is 12.4. The van der Waals surface area contributed by atoms with Crippen LogP contribution in [0.1, 0.15) is 15.4 Å². The number of nitrogens with one attached hydrogen (secondary N) is 1. The summed E-state index contributed by atoms with van der Waals surface area (Å²) in [4.78, 5) is 26.8. The van der Waals surface area contributed by atoms with Crippen molar-refractivity contribution in [2.45, 2.75) is 6.92 Å². The fraction of sp³-hybridized carbons (Fsp3) is 0.167. The lowest BCUT2D eigenvalue weighted by Gasteiger charge is -2.16. The topological polar surface area (TPSA) is 67.2 Å². The standard InChI is InChI=1S/C18H16BrClN4O2S/c1-11-8-16(24(22-11)13-5-3-4-12(20)9-13)21-17(25)10-23(2)18(26)14-6-7-15(19)27-14/h3-9H,10H2,1-2H3,(H,21,25). The Labute approximate surface area is 173 Å². The zero-order chi connectivity index (χ0) is 19.6. The molecular formula is C18H16BrClN4O2S. The predicted molar refractivity (Wildman–Crippen MR) is 111 cm³/mol. The fourth-order valence-corrected chi connectivity index (χ4v) is 4.05. The van der Waals surface area contributed by atoms with Gasteiger partial charge in [-0.3, -0.25) is 9.59 Å². The molecule has 3 aromatic rings. The first-order valence-corrected chi connectivity index (χ1v) is 9.95. The van der Waals surface area contributed by atoms with E-state index in [1.54, 1.807) is 42.1 Å². The number of carbonyl (C=O) groups excluding carboxylic acids is 2. The number of amides is 2. The van der Waals surface area contributed by atoms with Crippen LogP contribution in [0.15, 0.2) is 46.3 Å². The van der Waals surface area contributed by atoms with Gasteiger partial charge < -0.3 is 10.2 Å². The molecule has 2 aromatic heterocycles. The van der Waals surface area contributed by atoms with Gasteiger partial charge in [0, 0.05) is 18.1 Å². The molecule has 2 heterocycles. The number of aryl methyl sites for hydroxylation is 1. The van der Waals surface area contributed by atoms with Gasteiger partial charge in [0.05, 0.1) is 26.6 Å². The Morgan fingerprint density at radius 3 is 2.74 bits per heavy atom. The molecule has 0 fully saturated rings. The van der Waals surface area contributed by atoms with Gasteiger partial charge in [-0.2, -0.15) is 5.10 Å². The maximum atomic E-state index is 12.4. The van der Waals surface area contributed by atoms with Crippen LogP contribution in [-0.2, 0) is 4.79 Å². The Morgan fingerprint density at radius 1 is 1.30 bits per heavy atom. The lowest BCUT2D eigenvalue weighted by molar-refractivity contribution is -0.116. The molecule has 9 heteroatoms. The minimum absolute atomic E-state index is 0.0753. The molecule has 1 aromatic carbocycles. The van der Waals surface area contributed by atoms with Crippen LogP contribution in [0.5, 0.6) is 0 Å². The van der Waals surface area contributed by atoms with Crippen LogP contribution in [0.3, 0.4) is 0 Å². The zero-order valence-electron chi connectivity index (χ0n) is 14.6. The highest BCUT2D eigenvalue weighted by Gasteiger charge is 2.18. The van der Waals surface area contributed by atoms with Crippen molar-refractivity contribution in [2.75, 3.05) is 18.9 Å². The number of aromatic nitrogens is 2. The monoisotopic (exact) mass is 466 g/mol. The minimum Gasteiger partial charge on any atom is -0.332 e. The van der Waals surface area contributed by atoms with Crippen LogP contribution in [0.25, 0.3) is 5.69 Å². The Bertz CT molecular complexity index is 1000. The summed E-state index contributed by atoms with van der Waals surface area (Å²) in [5, 5.41) is 7.78. The Kier molecular flexibility index (Phi) is 5.98. The number of hydrogen-bond donors (Lipinski definition) is 1. The third kappa shape index (κ3) is 4.77. The third-order valence-corrected chi connectivity index (χ3v) is 5.51. The van der Waals surface area contributed by atoms with Crippen LogP contribution >= 0.6 is 38.9 Å². The van der Waals surface area contributed by atoms with Crippen molar-refractivity contribution in [3.63, 3.8) is 0 Å². The number of anilines is 1. The smallest absolute Gasteiger partial charge is 0.264 e. The molecule has 0 unspecified atom stereocenters. The number of carbonyl (C=O) groups is 2. The van der Waals surface area contributed by atoms with E-state index in [2.05, 4.69) is 26.3 Å². The number of nitrogens with zero attached hydrogens (tertiary/aromatic N) is 3. The molecule has 0 bridgehead atoms. The lowest BCUT2D eigenvalue weighted by Crippen LogP contribution is -2.34. The summed E-state index contributed by atoms with van der Waals surface area (Å²) in [5.74, 6) is -0.00971. The predicted octanol–water partition coefficient (Wildman–Crippen LogP) is 4.37. The van der Waals surface area contributed by atoms with Gasteiger partial charge in [0.2, 0.25) is 5.91 Å². The van der Waals surface area contributed by atoms with E-state index in [1.165, 1.54) is 16.2 Å². The van der Waals surface area contributed by atoms with E-state index in [4.69, 9.17) is 11.6 Å². The van der Waals surface area contributed by atoms with Crippen molar-refractivity contribution >= 4 is 56.5 Å². The molecule has 27 heavy (non-hydrogen) atoms. The van der Waals surface area contributed by atoms with Crippen molar-refractivity contribution in [1.29, 1.82) is 0 Å². The maximum Gasteiger partial charge on any atom is 0.264 e. The Balaban J connectivity index is 1.72. The number of thiophene rings is 1. The zero-order valence-corrected chi connectivity index (χ0v) is 17.7. The fourth-order valence-electron chi connectivity index (χ4n) is 2.48. The summed E-state index contributed by atoms with van der Waals surface area (Å²) in [5.41, 5.74) is 1.48. The molecule has 0 radical (unpaired) electrons. The lowest BCUT2D eigenvalue weighted by atomic mass is 10.3.